The lowest BCUT2D eigenvalue weighted by Crippen LogP contribution is -2.20. The maximum Gasteiger partial charge on any atom is 0.221 e. The SMILES string of the molecule is COc1ncc(C)c2c(NCCN(C)C)cccc12. The Morgan fingerprint density at radius 3 is 2.79 bits per heavy atom. The first-order valence-electron chi connectivity index (χ1n) is 6.44. The van der Waals surface area contributed by atoms with Crippen molar-refractivity contribution in [2.45, 2.75) is 6.92 Å². The van der Waals surface area contributed by atoms with Gasteiger partial charge in [-0.05, 0) is 38.7 Å². The van der Waals surface area contributed by atoms with Crippen LogP contribution in [-0.2, 0) is 0 Å². The Bertz CT molecular complexity index is 567. The molecule has 1 heterocycles. The van der Waals surface area contributed by atoms with Crippen molar-refractivity contribution in [3.05, 3.63) is 30.0 Å². The number of nitrogens with zero attached hydrogens (tertiary/aromatic N) is 2. The van der Waals surface area contributed by atoms with Crippen molar-refractivity contribution < 1.29 is 4.74 Å². The highest BCUT2D eigenvalue weighted by Gasteiger charge is 2.09. The van der Waals surface area contributed by atoms with Gasteiger partial charge in [-0.3, -0.25) is 0 Å². The maximum absolute atomic E-state index is 5.33. The van der Waals surface area contributed by atoms with Gasteiger partial charge < -0.3 is 15.0 Å². The van der Waals surface area contributed by atoms with E-state index in [1.165, 1.54) is 5.39 Å². The molecule has 0 atom stereocenters. The number of hydrogen-bond acceptors (Lipinski definition) is 4. The van der Waals surface area contributed by atoms with Crippen LogP contribution in [0.5, 0.6) is 5.88 Å². The van der Waals surface area contributed by atoms with Gasteiger partial charge in [-0.2, -0.15) is 0 Å². The van der Waals surface area contributed by atoms with E-state index in [1.807, 2.05) is 18.3 Å². The smallest absolute Gasteiger partial charge is 0.221 e. The summed E-state index contributed by atoms with van der Waals surface area (Å²) in [6.07, 6.45) is 1.86. The molecule has 0 radical (unpaired) electrons. The third kappa shape index (κ3) is 2.96. The standard InChI is InChI=1S/C15H21N3O/c1-11-10-17-15(19-4)12-6-5-7-13(14(11)12)16-8-9-18(2)3/h5-7,10,16H,8-9H2,1-4H3. The third-order valence-electron chi connectivity index (χ3n) is 3.13. The first kappa shape index (κ1) is 13.6. The van der Waals surface area contributed by atoms with E-state index in [-0.39, 0.29) is 0 Å². The molecule has 102 valence electrons. The summed E-state index contributed by atoms with van der Waals surface area (Å²) >= 11 is 0. The number of methoxy groups -OCH3 is 1. The number of anilines is 1. The second kappa shape index (κ2) is 5.89. The number of fused-ring (bicyclic) bond motifs is 1. The molecule has 0 aliphatic carbocycles. The molecule has 0 saturated carbocycles. The van der Waals surface area contributed by atoms with Crippen LogP contribution in [0.3, 0.4) is 0 Å². The summed E-state index contributed by atoms with van der Waals surface area (Å²) in [5.74, 6) is 0.678. The number of aryl methyl sites for hydroxylation is 1. The number of benzene rings is 1. The molecule has 0 bridgehead atoms. The second-order valence-electron chi connectivity index (χ2n) is 4.91. The highest BCUT2D eigenvalue weighted by Crippen LogP contribution is 2.31. The van der Waals surface area contributed by atoms with Gasteiger partial charge in [0.05, 0.1) is 7.11 Å². The first-order chi connectivity index (χ1) is 9.13. The molecule has 4 heteroatoms. The van der Waals surface area contributed by atoms with E-state index in [2.05, 4.69) is 42.3 Å². The van der Waals surface area contributed by atoms with Crippen molar-refractivity contribution in [3.63, 3.8) is 0 Å². The summed E-state index contributed by atoms with van der Waals surface area (Å²) in [5, 5.41) is 5.73. The Labute approximate surface area is 114 Å². The van der Waals surface area contributed by atoms with Crippen molar-refractivity contribution in [2.75, 3.05) is 39.6 Å². The predicted molar refractivity (Wildman–Crippen MR) is 80.1 cm³/mol. The summed E-state index contributed by atoms with van der Waals surface area (Å²) in [6.45, 7) is 3.99. The molecule has 4 nitrogen and oxygen atoms in total. The zero-order chi connectivity index (χ0) is 13.8. The number of pyridine rings is 1. The second-order valence-corrected chi connectivity index (χ2v) is 4.91. The Balaban J connectivity index is 2.38. The number of likely N-dealkylation sites (N-methyl/N-ethyl adjacent to an activating group) is 1. The molecule has 19 heavy (non-hydrogen) atoms. The molecule has 0 spiro atoms. The zero-order valence-electron chi connectivity index (χ0n) is 12.0. The molecule has 1 N–H and O–H groups in total. The van der Waals surface area contributed by atoms with Gasteiger partial charge in [0, 0.05) is 35.7 Å². The van der Waals surface area contributed by atoms with E-state index in [0.717, 1.165) is 29.7 Å². The van der Waals surface area contributed by atoms with Crippen LogP contribution in [0.15, 0.2) is 24.4 Å². The van der Waals surface area contributed by atoms with Gasteiger partial charge in [-0.1, -0.05) is 6.07 Å². The topological polar surface area (TPSA) is 37.4 Å². The summed E-state index contributed by atoms with van der Waals surface area (Å²) in [6, 6.07) is 6.18. The van der Waals surface area contributed by atoms with Crippen molar-refractivity contribution >= 4 is 16.5 Å². The minimum atomic E-state index is 0.678. The van der Waals surface area contributed by atoms with Gasteiger partial charge >= 0.3 is 0 Å². The van der Waals surface area contributed by atoms with Crippen LogP contribution in [0.4, 0.5) is 5.69 Å². The number of hydrogen-bond donors (Lipinski definition) is 1. The van der Waals surface area contributed by atoms with Gasteiger partial charge in [-0.15, -0.1) is 0 Å². The Hall–Kier alpha value is -1.81. The van der Waals surface area contributed by atoms with Crippen LogP contribution in [0.1, 0.15) is 5.56 Å². The van der Waals surface area contributed by atoms with E-state index in [0.29, 0.717) is 5.88 Å². The number of rotatable bonds is 5. The monoisotopic (exact) mass is 259 g/mol. The van der Waals surface area contributed by atoms with E-state index in [1.54, 1.807) is 7.11 Å². The van der Waals surface area contributed by atoms with Gasteiger partial charge in [-0.25, -0.2) is 4.98 Å². The molecule has 0 aliphatic rings. The van der Waals surface area contributed by atoms with Crippen molar-refractivity contribution in [3.8, 4) is 5.88 Å². The van der Waals surface area contributed by atoms with Crippen molar-refractivity contribution in [2.24, 2.45) is 0 Å². The van der Waals surface area contributed by atoms with Crippen LogP contribution < -0.4 is 10.1 Å². The summed E-state index contributed by atoms with van der Waals surface area (Å²) < 4.78 is 5.33. The number of nitrogens with one attached hydrogen (secondary N) is 1. The molecule has 1 aromatic heterocycles. The maximum atomic E-state index is 5.33. The molecular formula is C15H21N3O. The molecule has 2 rings (SSSR count). The lowest BCUT2D eigenvalue weighted by Gasteiger charge is -2.15. The zero-order valence-corrected chi connectivity index (χ0v) is 12.0. The Morgan fingerprint density at radius 1 is 1.32 bits per heavy atom. The largest absolute Gasteiger partial charge is 0.481 e. The molecule has 0 unspecified atom stereocenters. The van der Waals surface area contributed by atoms with E-state index < -0.39 is 0 Å². The quantitative estimate of drug-likeness (QED) is 0.895. The molecule has 2 aromatic rings. The fraction of sp³-hybridized carbons (Fsp3) is 0.400. The van der Waals surface area contributed by atoms with E-state index >= 15 is 0 Å². The molecule has 0 amide bonds. The molecule has 1 aromatic carbocycles. The van der Waals surface area contributed by atoms with Crippen LogP contribution in [0.25, 0.3) is 10.8 Å². The lowest BCUT2D eigenvalue weighted by molar-refractivity contribution is 0.403. The van der Waals surface area contributed by atoms with E-state index in [9.17, 15) is 0 Å². The molecule has 0 aliphatic heterocycles. The minimum absolute atomic E-state index is 0.678. The van der Waals surface area contributed by atoms with Crippen LogP contribution in [0, 0.1) is 6.92 Å². The van der Waals surface area contributed by atoms with Gasteiger partial charge in [0.25, 0.3) is 0 Å². The van der Waals surface area contributed by atoms with E-state index in [4.69, 9.17) is 4.74 Å². The molecule has 0 fully saturated rings. The number of ether oxygens (including phenoxy) is 1. The van der Waals surface area contributed by atoms with Crippen molar-refractivity contribution in [1.82, 2.24) is 9.88 Å². The van der Waals surface area contributed by atoms with Gasteiger partial charge in [0.15, 0.2) is 0 Å². The van der Waals surface area contributed by atoms with Crippen molar-refractivity contribution in [1.29, 1.82) is 0 Å². The highest BCUT2D eigenvalue weighted by atomic mass is 16.5. The average molecular weight is 259 g/mol. The number of aromatic nitrogens is 1. The molecule has 0 saturated heterocycles. The minimum Gasteiger partial charge on any atom is -0.481 e. The summed E-state index contributed by atoms with van der Waals surface area (Å²) in [4.78, 5) is 6.48. The molecular weight excluding hydrogens is 238 g/mol. The van der Waals surface area contributed by atoms with Gasteiger partial charge in [0.1, 0.15) is 0 Å². The Kier molecular flexibility index (Phi) is 4.22. The van der Waals surface area contributed by atoms with Gasteiger partial charge in [0.2, 0.25) is 5.88 Å². The normalized spacial score (nSPS) is 11.0. The highest BCUT2D eigenvalue weighted by molar-refractivity contribution is 5.98. The van der Waals surface area contributed by atoms with Crippen LogP contribution >= 0.6 is 0 Å². The fourth-order valence-corrected chi connectivity index (χ4v) is 2.17. The van der Waals surface area contributed by atoms with Crippen LogP contribution in [0.2, 0.25) is 0 Å². The predicted octanol–water partition coefficient (Wildman–Crippen LogP) is 2.53. The fourth-order valence-electron chi connectivity index (χ4n) is 2.17. The Morgan fingerprint density at radius 2 is 2.11 bits per heavy atom. The third-order valence-corrected chi connectivity index (χ3v) is 3.13. The average Bonchev–Trinajstić information content (AvgIpc) is 2.39. The first-order valence-corrected chi connectivity index (χ1v) is 6.44. The summed E-state index contributed by atoms with van der Waals surface area (Å²) in [7, 11) is 5.80. The van der Waals surface area contributed by atoms with Crippen LogP contribution in [-0.4, -0.2) is 44.2 Å². The lowest BCUT2D eigenvalue weighted by atomic mass is 10.1. The summed E-state index contributed by atoms with van der Waals surface area (Å²) in [5.41, 5.74) is 2.29.